The van der Waals surface area contributed by atoms with E-state index in [1.807, 2.05) is 20.8 Å². The lowest BCUT2D eigenvalue weighted by atomic mass is 10.4. The fraction of sp³-hybridized carbons (Fsp3) is 0.857. The van der Waals surface area contributed by atoms with Gasteiger partial charge >= 0.3 is 0 Å². The topological polar surface area (TPSA) is 41.1 Å². The Morgan fingerprint density at radius 2 is 2.10 bits per heavy atom. The van der Waals surface area contributed by atoms with Gasteiger partial charge in [-0.3, -0.25) is 4.79 Å². The third kappa shape index (κ3) is 5.56. The van der Waals surface area contributed by atoms with Gasteiger partial charge in [0.1, 0.15) is 0 Å². The lowest BCUT2D eigenvalue weighted by Crippen LogP contribution is -2.36. The molecule has 0 unspecified atom stereocenters. The van der Waals surface area contributed by atoms with E-state index in [4.69, 9.17) is 0 Å². The van der Waals surface area contributed by atoms with Gasteiger partial charge in [0, 0.05) is 12.6 Å². The summed E-state index contributed by atoms with van der Waals surface area (Å²) >= 11 is 0. The molecule has 3 heteroatoms. The van der Waals surface area contributed by atoms with Crippen LogP contribution in [0.2, 0.25) is 0 Å². The van der Waals surface area contributed by atoms with E-state index in [0.29, 0.717) is 19.1 Å². The third-order valence-corrected chi connectivity index (χ3v) is 1.04. The zero-order chi connectivity index (χ0) is 7.98. The quantitative estimate of drug-likeness (QED) is 0.588. The summed E-state index contributed by atoms with van der Waals surface area (Å²) in [6.07, 6.45) is 0. The second kappa shape index (κ2) is 5.23. The highest BCUT2D eigenvalue weighted by molar-refractivity contribution is 5.77. The van der Waals surface area contributed by atoms with Gasteiger partial charge in [0.05, 0.1) is 6.54 Å². The third-order valence-electron chi connectivity index (χ3n) is 1.04. The molecule has 0 radical (unpaired) electrons. The van der Waals surface area contributed by atoms with Crippen LogP contribution < -0.4 is 10.6 Å². The first-order valence-corrected chi connectivity index (χ1v) is 3.67. The Morgan fingerprint density at radius 3 is 2.50 bits per heavy atom. The molecule has 0 rings (SSSR count). The molecule has 2 N–H and O–H groups in total. The van der Waals surface area contributed by atoms with E-state index in [2.05, 4.69) is 10.6 Å². The van der Waals surface area contributed by atoms with Crippen molar-refractivity contribution in [1.82, 2.24) is 10.6 Å². The summed E-state index contributed by atoms with van der Waals surface area (Å²) < 4.78 is 0. The normalized spacial score (nSPS) is 10.0. The summed E-state index contributed by atoms with van der Waals surface area (Å²) in [6.45, 7) is 7.07. The SMILES string of the molecule is CCNC(=O)CNC(C)C. The summed E-state index contributed by atoms with van der Waals surface area (Å²) in [7, 11) is 0. The smallest absolute Gasteiger partial charge is 0.233 e. The Hall–Kier alpha value is -0.570. The molecular formula is C7H16N2O. The molecule has 0 saturated heterocycles. The molecular weight excluding hydrogens is 128 g/mol. The molecule has 0 atom stereocenters. The highest BCUT2D eigenvalue weighted by atomic mass is 16.1. The van der Waals surface area contributed by atoms with Crippen LogP contribution in [0.3, 0.4) is 0 Å². The van der Waals surface area contributed by atoms with Crippen molar-refractivity contribution in [3.63, 3.8) is 0 Å². The van der Waals surface area contributed by atoms with Gasteiger partial charge in [-0.2, -0.15) is 0 Å². The monoisotopic (exact) mass is 144 g/mol. The van der Waals surface area contributed by atoms with Crippen LogP contribution in [0.15, 0.2) is 0 Å². The Labute approximate surface area is 62.2 Å². The molecule has 0 aliphatic rings. The predicted octanol–water partition coefficient (Wildman–Crippen LogP) is 0.120. The van der Waals surface area contributed by atoms with E-state index in [-0.39, 0.29) is 5.91 Å². The lowest BCUT2D eigenvalue weighted by molar-refractivity contribution is -0.120. The Bertz CT molecular complexity index is 102. The maximum Gasteiger partial charge on any atom is 0.233 e. The number of rotatable bonds is 4. The van der Waals surface area contributed by atoms with Crippen LogP contribution in [-0.4, -0.2) is 25.0 Å². The lowest BCUT2D eigenvalue weighted by Gasteiger charge is -2.06. The standard InChI is InChI=1S/C7H16N2O/c1-4-8-7(10)5-9-6(2)3/h6,9H,4-5H2,1-3H3,(H,8,10). The first-order chi connectivity index (χ1) is 4.66. The molecule has 0 bridgehead atoms. The summed E-state index contributed by atoms with van der Waals surface area (Å²) in [5.41, 5.74) is 0. The number of amides is 1. The van der Waals surface area contributed by atoms with Crippen LogP contribution >= 0.6 is 0 Å². The number of likely N-dealkylation sites (N-methyl/N-ethyl adjacent to an activating group) is 1. The molecule has 0 aliphatic carbocycles. The molecule has 3 nitrogen and oxygen atoms in total. The van der Waals surface area contributed by atoms with Crippen molar-refractivity contribution in [1.29, 1.82) is 0 Å². The van der Waals surface area contributed by atoms with E-state index >= 15 is 0 Å². The van der Waals surface area contributed by atoms with Gasteiger partial charge in [-0.1, -0.05) is 13.8 Å². The van der Waals surface area contributed by atoms with Gasteiger partial charge in [0.25, 0.3) is 0 Å². The molecule has 0 aromatic carbocycles. The summed E-state index contributed by atoms with van der Waals surface area (Å²) in [5.74, 6) is 0.0659. The Kier molecular flexibility index (Phi) is 4.94. The maximum atomic E-state index is 10.8. The molecule has 60 valence electrons. The highest BCUT2D eigenvalue weighted by Gasteiger charge is 1.98. The van der Waals surface area contributed by atoms with Crippen LogP contribution in [0, 0.1) is 0 Å². The predicted molar refractivity (Wildman–Crippen MR) is 41.8 cm³/mol. The number of hydrogen-bond acceptors (Lipinski definition) is 2. The van der Waals surface area contributed by atoms with E-state index in [1.165, 1.54) is 0 Å². The van der Waals surface area contributed by atoms with Crippen LogP contribution in [0.25, 0.3) is 0 Å². The summed E-state index contributed by atoms with van der Waals surface area (Å²) in [5, 5.41) is 5.72. The van der Waals surface area contributed by atoms with Crippen LogP contribution in [-0.2, 0) is 4.79 Å². The average molecular weight is 144 g/mol. The van der Waals surface area contributed by atoms with E-state index < -0.39 is 0 Å². The second-order valence-electron chi connectivity index (χ2n) is 2.49. The Morgan fingerprint density at radius 1 is 1.50 bits per heavy atom. The van der Waals surface area contributed by atoms with Crippen LogP contribution in [0.4, 0.5) is 0 Å². The summed E-state index contributed by atoms with van der Waals surface area (Å²) in [6, 6.07) is 0.377. The van der Waals surface area contributed by atoms with Crippen molar-refractivity contribution in [2.75, 3.05) is 13.1 Å². The summed E-state index contributed by atoms with van der Waals surface area (Å²) in [4.78, 5) is 10.8. The van der Waals surface area contributed by atoms with Gasteiger partial charge < -0.3 is 10.6 Å². The molecule has 10 heavy (non-hydrogen) atoms. The van der Waals surface area contributed by atoms with Crippen molar-refractivity contribution in [2.24, 2.45) is 0 Å². The molecule has 0 aliphatic heterocycles. The number of carbonyl (C=O) groups is 1. The zero-order valence-electron chi connectivity index (χ0n) is 6.90. The van der Waals surface area contributed by atoms with Crippen molar-refractivity contribution in [3.05, 3.63) is 0 Å². The molecule has 0 heterocycles. The van der Waals surface area contributed by atoms with Gasteiger partial charge in [-0.05, 0) is 6.92 Å². The molecule has 0 spiro atoms. The first kappa shape index (κ1) is 9.43. The van der Waals surface area contributed by atoms with Crippen molar-refractivity contribution in [2.45, 2.75) is 26.8 Å². The molecule has 0 aromatic rings. The number of hydrogen-bond donors (Lipinski definition) is 2. The van der Waals surface area contributed by atoms with Gasteiger partial charge in [-0.15, -0.1) is 0 Å². The van der Waals surface area contributed by atoms with E-state index in [9.17, 15) is 4.79 Å². The van der Waals surface area contributed by atoms with Gasteiger partial charge in [0.2, 0.25) is 5.91 Å². The highest BCUT2D eigenvalue weighted by Crippen LogP contribution is 1.73. The first-order valence-electron chi connectivity index (χ1n) is 3.67. The minimum Gasteiger partial charge on any atom is -0.355 e. The van der Waals surface area contributed by atoms with Crippen LogP contribution in [0.5, 0.6) is 0 Å². The van der Waals surface area contributed by atoms with Crippen molar-refractivity contribution in [3.8, 4) is 0 Å². The van der Waals surface area contributed by atoms with Crippen molar-refractivity contribution < 1.29 is 4.79 Å². The molecule has 1 amide bonds. The van der Waals surface area contributed by atoms with Crippen LogP contribution in [0.1, 0.15) is 20.8 Å². The van der Waals surface area contributed by atoms with Crippen molar-refractivity contribution >= 4 is 5.91 Å². The minimum absolute atomic E-state index is 0.0659. The average Bonchev–Trinajstić information content (AvgIpc) is 1.85. The van der Waals surface area contributed by atoms with E-state index in [1.54, 1.807) is 0 Å². The number of carbonyl (C=O) groups excluding carboxylic acids is 1. The second-order valence-corrected chi connectivity index (χ2v) is 2.49. The zero-order valence-corrected chi connectivity index (χ0v) is 6.90. The Balaban J connectivity index is 3.22. The largest absolute Gasteiger partial charge is 0.355 e. The fourth-order valence-electron chi connectivity index (χ4n) is 0.556. The van der Waals surface area contributed by atoms with E-state index in [0.717, 1.165) is 0 Å². The maximum absolute atomic E-state index is 10.8. The number of nitrogens with one attached hydrogen (secondary N) is 2. The van der Waals surface area contributed by atoms with Gasteiger partial charge in [0.15, 0.2) is 0 Å². The molecule has 0 fully saturated rings. The molecule has 0 saturated carbocycles. The molecule has 0 aromatic heterocycles. The van der Waals surface area contributed by atoms with Gasteiger partial charge in [-0.25, -0.2) is 0 Å². The fourth-order valence-corrected chi connectivity index (χ4v) is 0.556. The minimum atomic E-state index is 0.0659.